The lowest BCUT2D eigenvalue weighted by Crippen LogP contribution is -2.25. The molecule has 90 valence electrons. The summed E-state index contributed by atoms with van der Waals surface area (Å²) in [4.78, 5) is 17.9. The average molecular weight is 232 g/mol. The fraction of sp³-hybridized carbons (Fsp3) is 0.385. The van der Waals surface area contributed by atoms with Gasteiger partial charge in [-0.3, -0.25) is 4.79 Å². The average Bonchev–Trinajstić information content (AvgIpc) is 2.70. The van der Waals surface area contributed by atoms with Crippen LogP contribution in [0.25, 0.3) is 0 Å². The first-order chi connectivity index (χ1) is 8.15. The molecule has 0 spiro atoms. The summed E-state index contributed by atoms with van der Waals surface area (Å²) in [7, 11) is 1.58. The van der Waals surface area contributed by atoms with Crippen LogP contribution in [0.1, 0.15) is 12.1 Å². The quantitative estimate of drug-likeness (QED) is 0.748. The number of aromatic nitrogens is 1. The van der Waals surface area contributed by atoms with Crippen molar-refractivity contribution in [2.75, 3.05) is 18.6 Å². The summed E-state index contributed by atoms with van der Waals surface area (Å²) in [5.74, 6) is 0.937. The Morgan fingerprint density at radius 3 is 2.88 bits per heavy atom. The first-order valence-corrected chi connectivity index (χ1v) is 5.60. The van der Waals surface area contributed by atoms with Crippen LogP contribution < -0.4 is 9.64 Å². The van der Waals surface area contributed by atoms with E-state index in [2.05, 4.69) is 11.6 Å². The summed E-state index contributed by atoms with van der Waals surface area (Å²) < 4.78 is 5.05. The maximum Gasteiger partial charge on any atom is 0.227 e. The Morgan fingerprint density at radius 2 is 2.35 bits per heavy atom. The lowest BCUT2D eigenvalue weighted by molar-refractivity contribution is -0.117. The van der Waals surface area contributed by atoms with Gasteiger partial charge < -0.3 is 9.64 Å². The number of ether oxygens (including phenoxy) is 1. The van der Waals surface area contributed by atoms with Crippen LogP contribution in [0.15, 0.2) is 24.8 Å². The predicted octanol–water partition coefficient (Wildman–Crippen LogP) is 1.94. The van der Waals surface area contributed by atoms with Crippen molar-refractivity contribution in [2.24, 2.45) is 5.92 Å². The second-order valence-electron chi connectivity index (χ2n) is 4.16. The highest BCUT2D eigenvalue weighted by Crippen LogP contribution is 2.28. The van der Waals surface area contributed by atoms with E-state index in [0.717, 1.165) is 11.4 Å². The van der Waals surface area contributed by atoms with Gasteiger partial charge in [-0.15, -0.1) is 6.58 Å². The van der Waals surface area contributed by atoms with Crippen LogP contribution >= 0.6 is 0 Å². The zero-order valence-electron chi connectivity index (χ0n) is 10.1. The maximum absolute atomic E-state index is 11.9. The summed E-state index contributed by atoms with van der Waals surface area (Å²) in [5, 5.41) is 0. The van der Waals surface area contributed by atoms with Gasteiger partial charge in [0.05, 0.1) is 18.5 Å². The molecule has 1 amide bonds. The number of amides is 1. The van der Waals surface area contributed by atoms with E-state index in [1.807, 2.05) is 19.1 Å². The number of carbonyl (C=O) groups is 1. The highest BCUT2D eigenvalue weighted by molar-refractivity contribution is 5.96. The number of aryl methyl sites for hydroxylation is 1. The van der Waals surface area contributed by atoms with Crippen LogP contribution in [0.4, 0.5) is 5.69 Å². The Labute approximate surface area is 101 Å². The number of anilines is 1. The Hall–Kier alpha value is -1.84. The SMILES string of the molecule is C=CC1CC(=O)N(c2ccc(OC)nc2C)C1. The third kappa shape index (κ3) is 2.16. The van der Waals surface area contributed by atoms with Gasteiger partial charge in [0.2, 0.25) is 11.8 Å². The molecule has 0 bridgehead atoms. The van der Waals surface area contributed by atoms with Crippen molar-refractivity contribution in [3.05, 3.63) is 30.5 Å². The van der Waals surface area contributed by atoms with Gasteiger partial charge in [-0.2, -0.15) is 0 Å². The molecule has 1 atom stereocenters. The molecule has 17 heavy (non-hydrogen) atoms. The zero-order chi connectivity index (χ0) is 12.4. The highest BCUT2D eigenvalue weighted by atomic mass is 16.5. The summed E-state index contributed by atoms with van der Waals surface area (Å²) in [6.07, 6.45) is 2.37. The zero-order valence-corrected chi connectivity index (χ0v) is 10.1. The van der Waals surface area contributed by atoms with Gasteiger partial charge in [0, 0.05) is 24.9 Å². The number of rotatable bonds is 3. The maximum atomic E-state index is 11.9. The Kier molecular flexibility index (Phi) is 3.13. The smallest absolute Gasteiger partial charge is 0.227 e. The highest BCUT2D eigenvalue weighted by Gasteiger charge is 2.29. The van der Waals surface area contributed by atoms with Crippen molar-refractivity contribution in [3.63, 3.8) is 0 Å². The third-order valence-corrected chi connectivity index (χ3v) is 3.02. The second-order valence-corrected chi connectivity index (χ2v) is 4.16. The minimum atomic E-state index is 0.130. The predicted molar refractivity (Wildman–Crippen MR) is 66.2 cm³/mol. The van der Waals surface area contributed by atoms with Crippen molar-refractivity contribution < 1.29 is 9.53 Å². The molecule has 4 heteroatoms. The van der Waals surface area contributed by atoms with Crippen molar-refractivity contribution in [2.45, 2.75) is 13.3 Å². The van der Waals surface area contributed by atoms with Gasteiger partial charge in [-0.1, -0.05) is 6.08 Å². The molecule has 1 saturated heterocycles. The van der Waals surface area contributed by atoms with Gasteiger partial charge in [0.25, 0.3) is 0 Å². The molecule has 4 nitrogen and oxygen atoms in total. The third-order valence-electron chi connectivity index (χ3n) is 3.02. The van der Waals surface area contributed by atoms with E-state index in [1.165, 1.54) is 0 Å². The fourth-order valence-corrected chi connectivity index (χ4v) is 2.06. The van der Waals surface area contributed by atoms with Crippen molar-refractivity contribution in [1.29, 1.82) is 0 Å². The van der Waals surface area contributed by atoms with Crippen LogP contribution in [0.3, 0.4) is 0 Å². The van der Waals surface area contributed by atoms with Gasteiger partial charge in [-0.25, -0.2) is 4.98 Å². The topological polar surface area (TPSA) is 42.4 Å². The number of pyridine rings is 1. The molecule has 1 aromatic rings. The van der Waals surface area contributed by atoms with Crippen molar-refractivity contribution in [1.82, 2.24) is 4.98 Å². The first-order valence-electron chi connectivity index (χ1n) is 5.60. The second kappa shape index (κ2) is 4.57. The number of hydrogen-bond donors (Lipinski definition) is 0. The number of hydrogen-bond acceptors (Lipinski definition) is 3. The van der Waals surface area contributed by atoms with E-state index < -0.39 is 0 Å². The molecule has 1 aliphatic heterocycles. The van der Waals surface area contributed by atoms with Gasteiger partial charge >= 0.3 is 0 Å². The van der Waals surface area contributed by atoms with Crippen LogP contribution in [0, 0.1) is 12.8 Å². The number of carbonyl (C=O) groups excluding carboxylic acids is 1. The van der Waals surface area contributed by atoms with Gasteiger partial charge in [0.1, 0.15) is 0 Å². The molecule has 0 saturated carbocycles. The lowest BCUT2D eigenvalue weighted by atomic mass is 10.1. The van der Waals surface area contributed by atoms with Crippen LogP contribution in [0.2, 0.25) is 0 Å². The largest absolute Gasteiger partial charge is 0.481 e. The van der Waals surface area contributed by atoms with Crippen molar-refractivity contribution in [3.8, 4) is 5.88 Å². The van der Waals surface area contributed by atoms with Gasteiger partial charge in [0.15, 0.2) is 0 Å². The molecule has 1 fully saturated rings. The van der Waals surface area contributed by atoms with Crippen LogP contribution in [-0.2, 0) is 4.79 Å². The number of nitrogens with zero attached hydrogens (tertiary/aromatic N) is 2. The standard InChI is InChI=1S/C13H16N2O2/c1-4-10-7-13(16)15(8-10)11-5-6-12(17-3)14-9(11)2/h4-6,10H,1,7-8H2,2-3H3. The molecular formula is C13H16N2O2. The molecule has 2 rings (SSSR count). The minimum absolute atomic E-state index is 0.130. The molecule has 0 aromatic carbocycles. The molecule has 0 N–H and O–H groups in total. The summed E-state index contributed by atoms with van der Waals surface area (Å²) in [6, 6.07) is 3.65. The molecule has 1 unspecified atom stereocenters. The molecule has 2 heterocycles. The summed E-state index contributed by atoms with van der Waals surface area (Å²) in [5.41, 5.74) is 1.67. The summed E-state index contributed by atoms with van der Waals surface area (Å²) >= 11 is 0. The lowest BCUT2D eigenvalue weighted by Gasteiger charge is -2.18. The molecule has 0 radical (unpaired) electrons. The minimum Gasteiger partial charge on any atom is -0.481 e. The van der Waals surface area contributed by atoms with E-state index in [9.17, 15) is 4.79 Å². The Morgan fingerprint density at radius 1 is 1.59 bits per heavy atom. The van der Waals surface area contributed by atoms with Crippen LogP contribution in [0.5, 0.6) is 5.88 Å². The Balaban J connectivity index is 2.28. The van der Waals surface area contributed by atoms with E-state index in [0.29, 0.717) is 18.8 Å². The first kappa shape index (κ1) is 11.6. The van der Waals surface area contributed by atoms with Crippen LogP contribution in [-0.4, -0.2) is 24.5 Å². The van der Waals surface area contributed by atoms with Gasteiger partial charge in [-0.05, 0) is 13.0 Å². The van der Waals surface area contributed by atoms with E-state index in [1.54, 1.807) is 18.1 Å². The van der Waals surface area contributed by atoms with Crippen molar-refractivity contribution >= 4 is 11.6 Å². The number of methoxy groups -OCH3 is 1. The molecular weight excluding hydrogens is 216 g/mol. The van der Waals surface area contributed by atoms with E-state index in [-0.39, 0.29) is 11.8 Å². The monoisotopic (exact) mass is 232 g/mol. The molecule has 1 aliphatic rings. The van der Waals surface area contributed by atoms with E-state index in [4.69, 9.17) is 4.74 Å². The summed E-state index contributed by atoms with van der Waals surface area (Å²) in [6.45, 7) is 6.31. The Bertz CT molecular complexity index is 457. The normalized spacial score (nSPS) is 19.5. The molecule has 0 aliphatic carbocycles. The molecule has 1 aromatic heterocycles. The fourth-order valence-electron chi connectivity index (χ4n) is 2.06. The van der Waals surface area contributed by atoms with E-state index >= 15 is 0 Å².